The van der Waals surface area contributed by atoms with Crippen LogP contribution in [0.1, 0.15) is 58.2 Å². The normalized spacial score (nSPS) is 13.0. The molecule has 2 rings (SSSR count). The molecule has 0 radical (unpaired) electrons. The van der Waals surface area contributed by atoms with E-state index in [-0.39, 0.29) is 22.3 Å². The Morgan fingerprint density at radius 1 is 0.704 bits per heavy atom. The summed E-state index contributed by atoms with van der Waals surface area (Å²) in [5.74, 6) is -0.153. The van der Waals surface area contributed by atoms with Gasteiger partial charge in [-0.05, 0) is 12.1 Å². The molecule has 0 aliphatic carbocycles. The van der Waals surface area contributed by atoms with Crippen LogP contribution in [0.2, 0.25) is 0 Å². The van der Waals surface area contributed by atoms with Crippen molar-refractivity contribution >= 4 is 13.2 Å². The summed E-state index contributed by atoms with van der Waals surface area (Å²) in [6.07, 6.45) is 0. The van der Waals surface area contributed by atoms with Crippen LogP contribution in [0, 0.1) is 6.92 Å². The maximum atomic E-state index is 9.92. The average molecular weight is 396 g/mol. The van der Waals surface area contributed by atoms with Gasteiger partial charge in [-0.25, -0.2) is 0 Å². The number of aryl methyl sites for hydroxylation is 1. The van der Waals surface area contributed by atoms with Crippen LogP contribution in [0.5, 0.6) is 11.5 Å². The van der Waals surface area contributed by atoms with Crippen LogP contribution in [-0.4, -0.2) is 24.9 Å². The van der Waals surface area contributed by atoms with Crippen LogP contribution < -0.4 is 5.30 Å². The molecule has 2 aromatic carbocycles. The van der Waals surface area contributed by atoms with Gasteiger partial charge in [0.05, 0.1) is 0 Å². The Bertz CT molecular complexity index is 724. The first-order chi connectivity index (χ1) is 12.0. The smallest absolute Gasteiger partial charge is 0.157 e. The summed E-state index contributed by atoms with van der Waals surface area (Å²) in [5, 5.41) is 17.7. The fourth-order valence-electron chi connectivity index (χ4n) is 2.79. The van der Waals surface area contributed by atoms with Crippen molar-refractivity contribution in [3.63, 3.8) is 0 Å². The van der Waals surface area contributed by atoms with E-state index in [0.29, 0.717) is 5.30 Å². The minimum atomic E-state index is -4.36. The zero-order valence-electron chi connectivity index (χ0n) is 17.2. The Hall–Kier alpha value is -1.65. The first kappa shape index (κ1) is 23.4. The van der Waals surface area contributed by atoms with Gasteiger partial charge in [0, 0.05) is 0 Å². The van der Waals surface area contributed by atoms with Crippen LogP contribution in [0.3, 0.4) is 0 Å². The van der Waals surface area contributed by atoms with E-state index in [1.807, 2.05) is 60.6 Å². The molecule has 0 aliphatic heterocycles. The molecule has 0 aliphatic rings. The number of hydrogen-bond acceptors (Lipinski definition) is 5. The summed E-state index contributed by atoms with van der Waals surface area (Å²) in [6, 6.07) is 10.0. The second-order valence-electron chi connectivity index (χ2n) is 8.86. The van der Waals surface area contributed by atoms with Crippen molar-refractivity contribution in [2.24, 2.45) is 0 Å². The summed E-state index contributed by atoms with van der Waals surface area (Å²) >= 11 is 0. The van der Waals surface area contributed by atoms with Crippen LogP contribution in [0.15, 0.2) is 36.4 Å². The van der Waals surface area contributed by atoms with E-state index < -0.39 is 7.94 Å². The van der Waals surface area contributed by atoms with Gasteiger partial charge >= 0.3 is 116 Å². The Balaban J connectivity index is 0.000000377. The summed E-state index contributed by atoms with van der Waals surface area (Å²) in [7, 11) is -4.36. The Morgan fingerprint density at radius 2 is 1.04 bits per heavy atom. The molecule has 0 spiro atoms. The van der Waals surface area contributed by atoms with E-state index in [0.717, 1.165) is 16.7 Å². The molecule has 2 aromatic rings. The quantitative estimate of drug-likeness (QED) is 0.373. The third kappa shape index (κ3) is 6.47. The van der Waals surface area contributed by atoms with Gasteiger partial charge in [-0.1, -0.05) is 12.1 Å². The monoisotopic (exact) mass is 396 g/mol. The number of benzene rings is 2. The van der Waals surface area contributed by atoms with Gasteiger partial charge in [0.15, 0.2) is 11.5 Å². The van der Waals surface area contributed by atoms with Crippen molar-refractivity contribution in [1.82, 2.24) is 0 Å². The summed E-state index contributed by atoms with van der Waals surface area (Å²) < 4.78 is 0. The number of para-hydroxylation sites is 2. The molecular weight excluding hydrogens is 363 g/mol. The van der Waals surface area contributed by atoms with E-state index >= 15 is 0 Å². The molecule has 5 N–H and O–H groups in total. The Labute approximate surface area is 162 Å². The standard InChI is InChI=1S/C15H27O3P.C6H6O2/c1-10-8-11(14(2,3)4)13(19(16,17)18)12(9-10)15(5,6)7;7-5-3-1-2-4-6(5)8/h8-9,16-19H,1-7H3;1-4,7-8H. The third-order valence-corrected chi connectivity index (χ3v) is 5.33. The minimum Gasteiger partial charge on any atom is -0.504 e. The van der Waals surface area contributed by atoms with Crippen molar-refractivity contribution in [2.75, 3.05) is 0 Å². The number of phenolic OH excluding ortho intramolecular Hbond substituents is 2. The number of phenols is 2. The zero-order chi connectivity index (χ0) is 21.2. The molecule has 0 heterocycles. The van der Waals surface area contributed by atoms with Gasteiger partial charge in [-0.2, -0.15) is 0 Å². The van der Waals surface area contributed by atoms with Gasteiger partial charge in [-0.15, -0.1) is 0 Å². The van der Waals surface area contributed by atoms with Crippen molar-refractivity contribution in [3.8, 4) is 11.5 Å². The molecule has 0 atom stereocenters. The Morgan fingerprint density at radius 3 is 1.26 bits per heavy atom. The summed E-state index contributed by atoms with van der Waals surface area (Å²) in [6.45, 7) is 14.1. The molecule has 0 unspecified atom stereocenters. The predicted octanol–water partition coefficient (Wildman–Crippen LogP) is 3.78. The van der Waals surface area contributed by atoms with Crippen LogP contribution >= 0.6 is 7.94 Å². The van der Waals surface area contributed by atoms with Gasteiger partial charge in [0.1, 0.15) is 0 Å². The molecule has 0 bridgehead atoms. The molecule has 0 amide bonds. The molecule has 27 heavy (non-hydrogen) atoms. The van der Waals surface area contributed by atoms with Crippen molar-refractivity contribution in [2.45, 2.75) is 59.3 Å². The van der Waals surface area contributed by atoms with Crippen molar-refractivity contribution in [1.29, 1.82) is 0 Å². The summed E-state index contributed by atoms with van der Waals surface area (Å²) in [4.78, 5) is 29.8. The minimum absolute atomic E-state index is 0.0764. The van der Waals surface area contributed by atoms with E-state index in [1.54, 1.807) is 12.1 Å². The van der Waals surface area contributed by atoms with Gasteiger partial charge in [0.25, 0.3) is 0 Å². The second kappa shape index (κ2) is 8.15. The fourth-order valence-corrected chi connectivity index (χ4v) is 4.41. The molecule has 0 aromatic heterocycles. The first-order valence-electron chi connectivity index (χ1n) is 8.85. The predicted molar refractivity (Wildman–Crippen MR) is 113 cm³/mol. The van der Waals surface area contributed by atoms with Crippen molar-refractivity contribution < 1.29 is 24.9 Å². The maximum Gasteiger partial charge on any atom is 0.157 e. The molecular formula is C21H33O5P. The van der Waals surface area contributed by atoms with Gasteiger partial charge in [0.2, 0.25) is 0 Å². The molecule has 0 fully saturated rings. The Kier molecular flexibility index (Phi) is 7.06. The van der Waals surface area contributed by atoms with Gasteiger partial charge in [-0.3, -0.25) is 0 Å². The first-order valence-corrected chi connectivity index (χ1v) is 10.7. The molecule has 0 saturated carbocycles. The van der Waals surface area contributed by atoms with Crippen molar-refractivity contribution in [3.05, 3.63) is 53.1 Å². The van der Waals surface area contributed by atoms with Crippen LogP contribution in [-0.2, 0) is 10.8 Å². The summed E-state index contributed by atoms with van der Waals surface area (Å²) in [5.41, 5.74) is 2.19. The number of aromatic hydroxyl groups is 2. The maximum absolute atomic E-state index is 9.92. The second-order valence-corrected chi connectivity index (χ2v) is 10.6. The number of rotatable bonds is 1. The fraction of sp³-hybridized carbons (Fsp3) is 0.429. The number of hydrogen-bond donors (Lipinski definition) is 5. The van der Waals surface area contributed by atoms with E-state index in [9.17, 15) is 14.7 Å². The van der Waals surface area contributed by atoms with Crippen LogP contribution in [0.4, 0.5) is 0 Å². The van der Waals surface area contributed by atoms with Gasteiger partial charge < -0.3 is 10.2 Å². The third-order valence-electron chi connectivity index (χ3n) is 4.12. The molecule has 0 saturated heterocycles. The van der Waals surface area contributed by atoms with E-state index in [4.69, 9.17) is 10.2 Å². The van der Waals surface area contributed by atoms with E-state index in [1.165, 1.54) is 12.1 Å². The largest absolute Gasteiger partial charge is 0.504 e. The van der Waals surface area contributed by atoms with E-state index in [2.05, 4.69) is 0 Å². The zero-order valence-corrected chi connectivity index (χ0v) is 18.2. The van der Waals surface area contributed by atoms with Crippen LogP contribution in [0.25, 0.3) is 0 Å². The molecule has 5 nitrogen and oxygen atoms in total. The molecule has 152 valence electrons. The average Bonchev–Trinajstić information content (AvgIpc) is 2.47. The topological polar surface area (TPSA) is 101 Å². The SMILES string of the molecule is Cc1cc(C(C)(C)C)c([PH](O)(O)O)c(C(C)(C)C)c1.Oc1ccccc1O. The molecule has 6 heteroatoms.